The molecule has 0 bridgehead atoms. The van der Waals surface area contributed by atoms with Crippen molar-refractivity contribution >= 4 is 23.2 Å². The van der Waals surface area contributed by atoms with Crippen LogP contribution in [0.3, 0.4) is 0 Å². The molecule has 0 aromatic heterocycles. The highest BCUT2D eigenvalue weighted by molar-refractivity contribution is 6.30. The van der Waals surface area contributed by atoms with E-state index in [0.717, 1.165) is 23.8 Å². The Bertz CT molecular complexity index is 1190. The second kappa shape index (κ2) is 9.85. The third-order valence-corrected chi connectivity index (χ3v) is 5.60. The van der Waals surface area contributed by atoms with Gasteiger partial charge in [-0.15, -0.1) is 0 Å². The van der Waals surface area contributed by atoms with Crippen molar-refractivity contribution in [3.63, 3.8) is 0 Å². The number of halogens is 5. The molecule has 0 N–H and O–H groups in total. The van der Waals surface area contributed by atoms with E-state index in [1.165, 1.54) is 35.2 Å². The third-order valence-electron chi connectivity index (χ3n) is 5.35. The first-order valence-corrected chi connectivity index (χ1v) is 10.8. The van der Waals surface area contributed by atoms with Crippen LogP contribution in [-0.4, -0.2) is 29.2 Å². The topological polar surface area (TPSA) is 41.9 Å². The fourth-order valence-electron chi connectivity index (χ4n) is 3.63. The van der Waals surface area contributed by atoms with E-state index in [4.69, 9.17) is 16.4 Å². The number of amides is 1. The van der Waals surface area contributed by atoms with Crippen LogP contribution in [0.15, 0.2) is 78.0 Å². The standard InChI is InChI=1S/C25H19ClF4N2O2/c26-20-10-6-17(7-11-20)23-13-22(34-31-23)15-32(24(33)18-2-1-3-21(27)12-18)14-16-4-8-19(9-5-16)25(28,29)30/h1-12,22H,13-15H2. The molecule has 176 valence electrons. The second-order valence-electron chi connectivity index (χ2n) is 7.87. The Hall–Kier alpha value is -3.39. The molecule has 0 radical (unpaired) electrons. The Labute approximate surface area is 198 Å². The van der Waals surface area contributed by atoms with E-state index < -0.39 is 29.6 Å². The normalized spacial score (nSPS) is 15.6. The average molecular weight is 491 g/mol. The molecular weight excluding hydrogens is 472 g/mol. The number of hydrogen-bond donors (Lipinski definition) is 0. The van der Waals surface area contributed by atoms with Gasteiger partial charge in [-0.25, -0.2) is 4.39 Å². The van der Waals surface area contributed by atoms with Gasteiger partial charge >= 0.3 is 6.18 Å². The maximum absolute atomic E-state index is 13.7. The molecule has 34 heavy (non-hydrogen) atoms. The van der Waals surface area contributed by atoms with Gasteiger partial charge in [0.15, 0.2) is 6.10 Å². The van der Waals surface area contributed by atoms with Crippen LogP contribution >= 0.6 is 11.6 Å². The fraction of sp³-hybridized carbons (Fsp3) is 0.200. The van der Waals surface area contributed by atoms with Crippen LogP contribution in [-0.2, 0) is 17.6 Å². The molecule has 0 fully saturated rings. The molecule has 1 unspecified atom stereocenters. The Morgan fingerprint density at radius 3 is 2.41 bits per heavy atom. The van der Waals surface area contributed by atoms with Gasteiger partial charge in [-0.05, 0) is 53.6 Å². The first-order valence-electron chi connectivity index (χ1n) is 10.4. The van der Waals surface area contributed by atoms with Crippen LogP contribution < -0.4 is 0 Å². The monoisotopic (exact) mass is 490 g/mol. The molecule has 1 aliphatic rings. The quantitative estimate of drug-likeness (QED) is 0.379. The summed E-state index contributed by atoms with van der Waals surface area (Å²) in [5, 5.41) is 4.70. The molecule has 0 saturated heterocycles. The number of carbonyl (C=O) groups is 1. The number of benzene rings is 3. The van der Waals surface area contributed by atoms with Gasteiger partial charge in [-0.1, -0.05) is 47.1 Å². The minimum atomic E-state index is -4.46. The Morgan fingerprint density at radius 2 is 1.76 bits per heavy atom. The van der Waals surface area contributed by atoms with E-state index in [1.807, 2.05) is 12.1 Å². The molecule has 1 heterocycles. The Kier molecular flexibility index (Phi) is 6.88. The lowest BCUT2D eigenvalue weighted by Gasteiger charge is -2.25. The minimum absolute atomic E-state index is 0.0175. The lowest BCUT2D eigenvalue weighted by Crippen LogP contribution is -2.37. The highest BCUT2D eigenvalue weighted by Gasteiger charge is 2.31. The van der Waals surface area contributed by atoms with Gasteiger partial charge in [0.1, 0.15) is 5.82 Å². The van der Waals surface area contributed by atoms with E-state index in [2.05, 4.69) is 5.16 Å². The van der Waals surface area contributed by atoms with Crippen LogP contribution in [0.4, 0.5) is 17.6 Å². The Morgan fingerprint density at radius 1 is 1.06 bits per heavy atom. The largest absolute Gasteiger partial charge is 0.416 e. The molecule has 0 saturated carbocycles. The summed E-state index contributed by atoms with van der Waals surface area (Å²) in [4.78, 5) is 20.1. The third kappa shape index (κ3) is 5.75. The number of nitrogens with zero attached hydrogens (tertiary/aromatic N) is 2. The summed E-state index contributed by atoms with van der Waals surface area (Å²) < 4.78 is 52.4. The van der Waals surface area contributed by atoms with Crippen LogP contribution in [0.25, 0.3) is 0 Å². The molecule has 3 aromatic rings. The summed E-state index contributed by atoms with van der Waals surface area (Å²) in [6.45, 7) is 0.126. The van der Waals surface area contributed by atoms with Crippen molar-refractivity contribution in [3.05, 3.63) is 106 Å². The van der Waals surface area contributed by atoms with Gasteiger partial charge in [-0.2, -0.15) is 13.2 Å². The van der Waals surface area contributed by atoms with Crippen LogP contribution in [0.2, 0.25) is 5.02 Å². The second-order valence-corrected chi connectivity index (χ2v) is 8.30. The van der Waals surface area contributed by atoms with Crippen molar-refractivity contribution in [2.24, 2.45) is 5.16 Å². The van der Waals surface area contributed by atoms with E-state index in [0.29, 0.717) is 22.7 Å². The number of oxime groups is 1. The molecule has 3 aromatic carbocycles. The zero-order chi connectivity index (χ0) is 24.3. The molecule has 0 spiro atoms. The van der Waals surface area contributed by atoms with Crippen molar-refractivity contribution in [3.8, 4) is 0 Å². The van der Waals surface area contributed by atoms with Crippen molar-refractivity contribution in [2.75, 3.05) is 6.54 Å². The van der Waals surface area contributed by atoms with E-state index in [9.17, 15) is 22.4 Å². The van der Waals surface area contributed by atoms with Gasteiger partial charge < -0.3 is 9.74 Å². The van der Waals surface area contributed by atoms with Crippen LogP contribution in [0.5, 0.6) is 0 Å². The first-order chi connectivity index (χ1) is 16.2. The van der Waals surface area contributed by atoms with E-state index >= 15 is 0 Å². The number of rotatable bonds is 6. The Balaban J connectivity index is 1.52. The summed E-state index contributed by atoms with van der Waals surface area (Å²) in [6.07, 6.45) is -4.51. The van der Waals surface area contributed by atoms with Crippen LogP contribution in [0, 0.1) is 5.82 Å². The summed E-state index contributed by atoms with van der Waals surface area (Å²) in [5.41, 5.74) is 1.37. The maximum atomic E-state index is 13.7. The first kappa shape index (κ1) is 23.8. The fourth-order valence-corrected chi connectivity index (χ4v) is 3.75. The highest BCUT2D eigenvalue weighted by atomic mass is 35.5. The molecule has 4 rings (SSSR count). The SMILES string of the molecule is O=C(c1cccc(F)c1)N(Cc1ccc(C(F)(F)F)cc1)CC1CC(c2ccc(Cl)cc2)=NO1. The van der Waals surface area contributed by atoms with Crippen LogP contribution in [0.1, 0.15) is 33.5 Å². The van der Waals surface area contributed by atoms with Gasteiger partial charge in [0.05, 0.1) is 17.8 Å². The van der Waals surface area contributed by atoms with Crippen molar-refractivity contribution < 1.29 is 27.2 Å². The molecule has 0 aliphatic carbocycles. The van der Waals surface area contributed by atoms with E-state index in [-0.39, 0.29) is 18.7 Å². The van der Waals surface area contributed by atoms with Gasteiger partial charge in [0.2, 0.25) is 0 Å². The maximum Gasteiger partial charge on any atom is 0.416 e. The molecule has 1 aliphatic heterocycles. The number of hydrogen-bond acceptors (Lipinski definition) is 3. The molecular formula is C25H19ClF4N2O2. The zero-order valence-electron chi connectivity index (χ0n) is 17.7. The lowest BCUT2D eigenvalue weighted by molar-refractivity contribution is -0.137. The van der Waals surface area contributed by atoms with E-state index in [1.54, 1.807) is 12.1 Å². The van der Waals surface area contributed by atoms with Gasteiger partial charge in [0.25, 0.3) is 5.91 Å². The molecule has 4 nitrogen and oxygen atoms in total. The summed E-state index contributed by atoms with van der Waals surface area (Å²) in [6, 6.07) is 16.9. The smallest absolute Gasteiger partial charge is 0.390 e. The predicted octanol–water partition coefficient (Wildman–Crippen LogP) is 6.33. The van der Waals surface area contributed by atoms with Crippen molar-refractivity contribution in [1.82, 2.24) is 4.90 Å². The van der Waals surface area contributed by atoms with Gasteiger partial charge in [0, 0.05) is 23.6 Å². The molecule has 1 atom stereocenters. The zero-order valence-corrected chi connectivity index (χ0v) is 18.5. The summed E-state index contributed by atoms with van der Waals surface area (Å²) in [7, 11) is 0. The molecule has 9 heteroatoms. The lowest BCUT2D eigenvalue weighted by atomic mass is 10.0. The average Bonchev–Trinajstić information content (AvgIpc) is 3.27. The number of carbonyl (C=O) groups excluding carboxylic acids is 1. The minimum Gasteiger partial charge on any atom is -0.390 e. The number of alkyl halides is 3. The van der Waals surface area contributed by atoms with Crippen molar-refractivity contribution in [2.45, 2.75) is 25.2 Å². The highest BCUT2D eigenvalue weighted by Crippen LogP contribution is 2.29. The molecule has 1 amide bonds. The summed E-state index contributed by atoms with van der Waals surface area (Å²) >= 11 is 5.93. The van der Waals surface area contributed by atoms with Crippen molar-refractivity contribution in [1.29, 1.82) is 0 Å². The van der Waals surface area contributed by atoms with Gasteiger partial charge in [-0.3, -0.25) is 4.79 Å². The predicted molar refractivity (Wildman–Crippen MR) is 120 cm³/mol. The summed E-state index contributed by atoms with van der Waals surface area (Å²) in [5.74, 6) is -1.03.